The van der Waals surface area contributed by atoms with Gasteiger partial charge in [-0.15, -0.1) is 0 Å². The number of amides is 1. The van der Waals surface area contributed by atoms with Crippen molar-refractivity contribution in [1.29, 1.82) is 0 Å². The number of nitrogens with zero attached hydrogens (tertiary/aromatic N) is 5. The van der Waals surface area contributed by atoms with Crippen LogP contribution in [-0.2, 0) is 6.54 Å². The molecule has 7 nitrogen and oxygen atoms in total. The zero-order valence-corrected chi connectivity index (χ0v) is 13.3. The van der Waals surface area contributed by atoms with Gasteiger partial charge in [0.15, 0.2) is 0 Å². The van der Waals surface area contributed by atoms with Gasteiger partial charge in [0.2, 0.25) is 0 Å². The molecule has 1 aliphatic heterocycles. The van der Waals surface area contributed by atoms with Crippen LogP contribution in [0.25, 0.3) is 0 Å². The first-order valence-corrected chi connectivity index (χ1v) is 7.69. The minimum absolute atomic E-state index is 0.192. The lowest BCUT2D eigenvalue weighted by Crippen LogP contribution is -2.46. The normalized spacial score (nSPS) is 15.6. The van der Waals surface area contributed by atoms with Crippen molar-refractivity contribution in [2.24, 2.45) is 5.73 Å². The molecule has 0 bridgehead atoms. The SMILES string of the molecule is NC(=O)c1cncc(N2CCN(Cc3ccc(Cl)nc3)CC2)n1. The van der Waals surface area contributed by atoms with Crippen molar-refractivity contribution in [1.82, 2.24) is 19.9 Å². The molecular weight excluding hydrogens is 316 g/mol. The first kappa shape index (κ1) is 15.6. The second kappa shape index (κ2) is 6.89. The highest BCUT2D eigenvalue weighted by Gasteiger charge is 2.19. The van der Waals surface area contributed by atoms with Crippen molar-refractivity contribution in [3.8, 4) is 0 Å². The minimum atomic E-state index is -0.562. The zero-order chi connectivity index (χ0) is 16.2. The van der Waals surface area contributed by atoms with Crippen LogP contribution in [0, 0.1) is 0 Å². The van der Waals surface area contributed by atoms with E-state index in [1.165, 1.54) is 6.20 Å². The summed E-state index contributed by atoms with van der Waals surface area (Å²) in [6, 6.07) is 3.79. The van der Waals surface area contributed by atoms with Gasteiger partial charge in [0.05, 0.1) is 12.4 Å². The molecule has 120 valence electrons. The van der Waals surface area contributed by atoms with E-state index in [1.807, 2.05) is 6.07 Å². The van der Waals surface area contributed by atoms with Crippen LogP contribution < -0.4 is 10.6 Å². The van der Waals surface area contributed by atoms with Gasteiger partial charge in [0, 0.05) is 38.9 Å². The number of carbonyl (C=O) groups is 1. The molecular formula is C15H17ClN6O. The van der Waals surface area contributed by atoms with Gasteiger partial charge in [0.1, 0.15) is 16.7 Å². The molecule has 0 radical (unpaired) electrons. The van der Waals surface area contributed by atoms with Gasteiger partial charge in [-0.05, 0) is 11.6 Å². The lowest BCUT2D eigenvalue weighted by molar-refractivity contribution is 0.0995. The van der Waals surface area contributed by atoms with Gasteiger partial charge < -0.3 is 10.6 Å². The summed E-state index contributed by atoms with van der Waals surface area (Å²) >= 11 is 5.80. The minimum Gasteiger partial charge on any atom is -0.364 e. The van der Waals surface area contributed by atoms with Gasteiger partial charge in [-0.2, -0.15) is 0 Å². The number of nitrogens with two attached hydrogens (primary N) is 1. The van der Waals surface area contributed by atoms with Gasteiger partial charge in [-0.1, -0.05) is 17.7 Å². The van der Waals surface area contributed by atoms with Gasteiger partial charge in [0.25, 0.3) is 5.91 Å². The van der Waals surface area contributed by atoms with Crippen LogP contribution in [0.15, 0.2) is 30.7 Å². The molecule has 3 rings (SSSR count). The number of pyridine rings is 1. The predicted octanol–water partition coefficient (Wildman–Crippen LogP) is 0.946. The fourth-order valence-electron chi connectivity index (χ4n) is 2.52. The fraction of sp³-hybridized carbons (Fsp3) is 0.333. The van der Waals surface area contributed by atoms with Crippen molar-refractivity contribution in [3.05, 3.63) is 47.1 Å². The molecule has 1 amide bonds. The molecule has 1 fully saturated rings. The summed E-state index contributed by atoms with van der Waals surface area (Å²) in [5, 5.41) is 0.506. The van der Waals surface area contributed by atoms with Gasteiger partial charge >= 0.3 is 0 Å². The summed E-state index contributed by atoms with van der Waals surface area (Å²) in [4.78, 5) is 28.0. The molecule has 1 saturated heterocycles. The molecule has 0 aromatic carbocycles. The Morgan fingerprint density at radius 3 is 2.61 bits per heavy atom. The van der Waals surface area contributed by atoms with E-state index in [4.69, 9.17) is 17.3 Å². The quantitative estimate of drug-likeness (QED) is 0.838. The number of rotatable bonds is 4. The van der Waals surface area contributed by atoms with Crippen LogP contribution in [0.5, 0.6) is 0 Å². The molecule has 1 aliphatic rings. The molecule has 3 heterocycles. The Balaban J connectivity index is 1.59. The van der Waals surface area contributed by atoms with Crippen LogP contribution in [0.1, 0.15) is 16.1 Å². The number of hydrogen-bond donors (Lipinski definition) is 1. The standard InChI is InChI=1S/C15H17ClN6O/c16-13-2-1-11(7-19-13)10-21-3-5-22(6-4-21)14-9-18-8-12(20-14)15(17)23/h1-2,7-9H,3-6,10H2,(H2,17,23). The molecule has 0 unspecified atom stereocenters. The number of piperazine rings is 1. The van der Waals surface area contributed by atoms with E-state index < -0.39 is 5.91 Å². The van der Waals surface area contributed by atoms with E-state index in [0.717, 1.165) is 38.3 Å². The van der Waals surface area contributed by atoms with E-state index in [0.29, 0.717) is 11.0 Å². The Kier molecular flexibility index (Phi) is 4.68. The Bertz CT molecular complexity index is 685. The first-order chi connectivity index (χ1) is 11.1. The summed E-state index contributed by atoms with van der Waals surface area (Å²) < 4.78 is 0. The topological polar surface area (TPSA) is 88.2 Å². The summed E-state index contributed by atoms with van der Waals surface area (Å²) in [6.07, 6.45) is 4.84. The summed E-state index contributed by atoms with van der Waals surface area (Å²) in [7, 11) is 0. The highest BCUT2D eigenvalue weighted by molar-refractivity contribution is 6.29. The number of anilines is 1. The Labute approximate surface area is 139 Å². The predicted molar refractivity (Wildman–Crippen MR) is 87.3 cm³/mol. The van der Waals surface area contributed by atoms with Crippen LogP contribution in [-0.4, -0.2) is 51.9 Å². The van der Waals surface area contributed by atoms with E-state index in [-0.39, 0.29) is 5.69 Å². The molecule has 0 spiro atoms. The summed E-state index contributed by atoms with van der Waals surface area (Å²) in [5.41, 5.74) is 6.58. The number of halogens is 1. The monoisotopic (exact) mass is 332 g/mol. The van der Waals surface area contributed by atoms with Crippen molar-refractivity contribution in [2.45, 2.75) is 6.54 Å². The number of hydrogen-bond acceptors (Lipinski definition) is 6. The van der Waals surface area contributed by atoms with Crippen LogP contribution in [0.2, 0.25) is 5.15 Å². The maximum absolute atomic E-state index is 11.2. The maximum Gasteiger partial charge on any atom is 0.268 e. The molecule has 2 aromatic rings. The van der Waals surface area contributed by atoms with Crippen LogP contribution >= 0.6 is 11.6 Å². The van der Waals surface area contributed by atoms with Crippen LogP contribution in [0.4, 0.5) is 5.82 Å². The molecule has 2 N–H and O–H groups in total. The third-order valence-corrected chi connectivity index (χ3v) is 3.99. The Morgan fingerprint density at radius 1 is 1.17 bits per heavy atom. The third kappa shape index (κ3) is 3.94. The number of primary amides is 1. The average molecular weight is 333 g/mol. The lowest BCUT2D eigenvalue weighted by atomic mass is 10.2. The average Bonchev–Trinajstić information content (AvgIpc) is 2.58. The molecule has 23 heavy (non-hydrogen) atoms. The van der Waals surface area contributed by atoms with Crippen molar-refractivity contribution < 1.29 is 4.79 Å². The Morgan fingerprint density at radius 2 is 1.96 bits per heavy atom. The van der Waals surface area contributed by atoms with Gasteiger partial charge in [-0.25, -0.2) is 9.97 Å². The maximum atomic E-state index is 11.2. The highest BCUT2D eigenvalue weighted by atomic mass is 35.5. The second-order valence-electron chi connectivity index (χ2n) is 5.38. The van der Waals surface area contributed by atoms with E-state index >= 15 is 0 Å². The van der Waals surface area contributed by atoms with Crippen molar-refractivity contribution in [3.63, 3.8) is 0 Å². The highest BCUT2D eigenvalue weighted by Crippen LogP contribution is 2.15. The molecule has 0 aliphatic carbocycles. The van der Waals surface area contributed by atoms with Gasteiger partial charge in [-0.3, -0.25) is 14.7 Å². The summed E-state index contributed by atoms with van der Waals surface area (Å²) in [6.45, 7) is 4.26. The van der Waals surface area contributed by atoms with E-state index in [1.54, 1.807) is 18.5 Å². The van der Waals surface area contributed by atoms with E-state index in [9.17, 15) is 4.79 Å². The summed E-state index contributed by atoms with van der Waals surface area (Å²) in [5.74, 6) is 0.127. The fourth-order valence-corrected chi connectivity index (χ4v) is 2.63. The second-order valence-corrected chi connectivity index (χ2v) is 5.77. The Hall–Kier alpha value is -2.25. The third-order valence-electron chi connectivity index (χ3n) is 3.77. The first-order valence-electron chi connectivity index (χ1n) is 7.31. The molecule has 2 aromatic heterocycles. The molecule has 0 atom stereocenters. The van der Waals surface area contributed by atoms with Crippen molar-refractivity contribution >= 4 is 23.3 Å². The lowest BCUT2D eigenvalue weighted by Gasteiger charge is -2.35. The smallest absolute Gasteiger partial charge is 0.268 e. The molecule has 0 saturated carbocycles. The zero-order valence-electron chi connectivity index (χ0n) is 12.5. The number of carbonyl (C=O) groups excluding carboxylic acids is 1. The van der Waals surface area contributed by atoms with Crippen molar-refractivity contribution in [2.75, 3.05) is 31.1 Å². The van der Waals surface area contributed by atoms with E-state index in [2.05, 4.69) is 24.8 Å². The number of aromatic nitrogens is 3. The van der Waals surface area contributed by atoms with Crippen LogP contribution in [0.3, 0.4) is 0 Å². The molecule has 8 heteroatoms. The largest absolute Gasteiger partial charge is 0.364 e.